The van der Waals surface area contributed by atoms with E-state index in [0.29, 0.717) is 6.42 Å². The van der Waals surface area contributed by atoms with Crippen molar-refractivity contribution in [2.75, 3.05) is 0 Å². The van der Waals surface area contributed by atoms with Gasteiger partial charge in [0.05, 0.1) is 6.07 Å². The first-order chi connectivity index (χ1) is 8.29. The Morgan fingerprint density at radius 1 is 1.39 bits per heavy atom. The number of hydrogen-bond acceptors (Lipinski definition) is 4. The third-order valence-electron chi connectivity index (χ3n) is 2.58. The minimum atomic E-state index is -1.17. The minimum absolute atomic E-state index is 0.105. The summed E-state index contributed by atoms with van der Waals surface area (Å²) in [5.41, 5.74) is 5.17. The summed E-state index contributed by atoms with van der Waals surface area (Å²) < 4.78 is 0. The van der Waals surface area contributed by atoms with Gasteiger partial charge in [-0.3, -0.25) is 9.59 Å². The fourth-order valence-corrected chi connectivity index (χ4v) is 1.56. The number of carbonyl (C=O) groups is 2. The van der Waals surface area contributed by atoms with Gasteiger partial charge in [-0.15, -0.1) is 0 Å². The van der Waals surface area contributed by atoms with Crippen molar-refractivity contribution in [3.63, 3.8) is 0 Å². The molecule has 102 valence electrons. The smallest absolute Gasteiger partial charge is 0.249 e. The van der Waals surface area contributed by atoms with E-state index in [0.717, 1.165) is 0 Å². The number of nitriles is 1. The van der Waals surface area contributed by atoms with Crippen LogP contribution in [-0.4, -0.2) is 29.1 Å². The number of nitrogens with two attached hydrogens (primary N) is 1. The molecule has 0 fully saturated rings. The van der Waals surface area contributed by atoms with Crippen molar-refractivity contribution in [1.29, 1.82) is 5.26 Å². The maximum Gasteiger partial charge on any atom is 0.249 e. The molecule has 0 saturated carbocycles. The van der Waals surface area contributed by atoms with Crippen LogP contribution in [0.3, 0.4) is 0 Å². The second-order valence-corrected chi connectivity index (χ2v) is 4.87. The lowest BCUT2D eigenvalue weighted by atomic mass is 9.97. The molecule has 0 saturated heterocycles. The molecule has 0 heterocycles. The lowest BCUT2D eigenvalue weighted by Crippen LogP contribution is -2.51. The quantitative estimate of drug-likeness (QED) is 0.589. The maximum absolute atomic E-state index is 11.7. The van der Waals surface area contributed by atoms with Gasteiger partial charge < -0.3 is 16.2 Å². The van der Waals surface area contributed by atoms with Crippen LogP contribution in [0, 0.1) is 23.2 Å². The first-order valence-electron chi connectivity index (χ1n) is 5.94. The predicted molar refractivity (Wildman–Crippen MR) is 66.0 cm³/mol. The number of primary amides is 1. The molecule has 0 radical (unpaired) electrons. The van der Waals surface area contributed by atoms with E-state index in [1.807, 2.05) is 19.9 Å². The van der Waals surface area contributed by atoms with Crippen molar-refractivity contribution in [1.82, 2.24) is 5.32 Å². The van der Waals surface area contributed by atoms with Gasteiger partial charge in [0.1, 0.15) is 12.1 Å². The highest BCUT2D eigenvalue weighted by Gasteiger charge is 2.27. The van der Waals surface area contributed by atoms with Gasteiger partial charge in [-0.25, -0.2) is 0 Å². The Morgan fingerprint density at radius 2 is 1.94 bits per heavy atom. The molecule has 0 aromatic rings. The highest BCUT2D eigenvalue weighted by Crippen LogP contribution is 2.09. The number of nitrogens with one attached hydrogen (secondary N) is 1. The first-order valence-corrected chi connectivity index (χ1v) is 5.94. The molecule has 0 aliphatic carbocycles. The van der Waals surface area contributed by atoms with Crippen LogP contribution in [0.4, 0.5) is 0 Å². The summed E-state index contributed by atoms with van der Waals surface area (Å²) >= 11 is 0. The van der Waals surface area contributed by atoms with Gasteiger partial charge >= 0.3 is 0 Å². The van der Waals surface area contributed by atoms with E-state index in [1.54, 1.807) is 6.92 Å². The monoisotopic (exact) mass is 255 g/mol. The largest absolute Gasteiger partial charge is 0.383 e. The molecular weight excluding hydrogens is 234 g/mol. The fraction of sp³-hybridized carbons (Fsp3) is 0.750. The van der Waals surface area contributed by atoms with Gasteiger partial charge in [0.2, 0.25) is 11.8 Å². The number of aliphatic hydroxyl groups is 1. The molecule has 6 nitrogen and oxygen atoms in total. The molecule has 0 aromatic heterocycles. The van der Waals surface area contributed by atoms with E-state index >= 15 is 0 Å². The Balaban J connectivity index is 4.55. The predicted octanol–water partition coefficient (Wildman–Crippen LogP) is -0.0867. The molecule has 0 bridgehead atoms. The Hall–Kier alpha value is -1.61. The van der Waals surface area contributed by atoms with Crippen LogP contribution >= 0.6 is 0 Å². The number of nitrogens with zero attached hydrogens (tertiary/aromatic N) is 1. The van der Waals surface area contributed by atoms with E-state index < -0.39 is 24.0 Å². The van der Waals surface area contributed by atoms with Crippen LogP contribution in [0.5, 0.6) is 0 Å². The van der Waals surface area contributed by atoms with Gasteiger partial charge in [-0.1, -0.05) is 20.8 Å². The van der Waals surface area contributed by atoms with Crippen molar-refractivity contribution in [2.24, 2.45) is 17.6 Å². The molecule has 0 rings (SSSR count). The Kier molecular flexibility index (Phi) is 6.98. The topological polar surface area (TPSA) is 116 Å². The summed E-state index contributed by atoms with van der Waals surface area (Å²) in [5.74, 6) is -1.56. The van der Waals surface area contributed by atoms with Gasteiger partial charge in [-0.2, -0.15) is 5.26 Å². The molecule has 6 heteroatoms. The van der Waals surface area contributed by atoms with Crippen LogP contribution in [0.1, 0.15) is 33.6 Å². The van der Waals surface area contributed by atoms with Crippen molar-refractivity contribution in [3.05, 3.63) is 0 Å². The molecule has 2 amide bonds. The molecule has 3 atom stereocenters. The van der Waals surface area contributed by atoms with Crippen molar-refractivity contribution in [3.8, 4) is 6.07 Å². The molecule has 0 aliphatic rings. The average molecular weight is 255 g/mol. The van der Waals surface area contributed by atoms with E-state index in [1.165, 1.54) is 0 Å². The fourth-order valence-electron chi connectivity index (χ4n) is 1.56. The van der Waals surface area contributed by atoms with Crippen LogP contribution < -0.4 is 11.1 Å². The van der Waals surface area contributed by atoms with E-state index in [4.69, 9.17) is 11.0 Å². The number of aliphatic hydroxyl groups excluding tert-OH is 1. The van der Waals surface area contributed by atoms with Gasteiger partial charge in [0.15, 0.2) is 0 Å². The highest BCUT2D eigenvalue weighted by molar-refractivity contribution is 5.88. The van der Waals surface area contributed by atoms with Crippen molar-refractivity contribution >= 4 is 11.8 Å². The molecule has 0 spiro atoms. The second-order valence-electron chi connectivity index (χ2n) is 4.87. The third kappa shape index (κ3) is 5.64. The number of amides is 2. The van der Waals surface area contributed by atoms with Crippen LogP contribution in [0.2, 0.25) is 0 Å². The molecule has 18 heavy (non-hydrogen) atoms. The van der Waals surface area contributed by atoms with Crippen LogP contribution in [0.15, 0.2) is 0 Å². The number of rotatable bonds is 7. The Bertz CT molecular complexity index is 336. The maximum atomic E-state index is 11.7. The lowest BCUT2D eigenvalue weighted by Gasteiger charge is -2.22. The Morgan fingerprint density at radius 3 is 2.33 bits per heavy atom. The normalized spacial score (nSPS) is 15.6. The Labute approximate surface area is 107 Å². The second kappa shape index (κ2) is 7.67. The summed E-state index contributed by atoms with van der Waals surface area (Å²) in [6.45, 7) is 5.40. The zero-order valence-electron chi connectivity index (χ0n) is 11.0. The summed E-state index contributed by atoms with van der Waals surface area (Å²) in [6, 6.07) is 0.984. The summed E-state index contributed by atoms with van der Waals surface area (Å²) in [6.07, 6.45) is -0.751. The van der Waals surface area contributed by atoms with E-state index in [9.17, 15) is 14.7 Å². The van der Waals surface area contributed by atoms with Gasteiger partial charge in [0.25, 0.3) is 0 Å². The number of carbonyl (C=O) groups excluding carboxylic acids is 2. The highest BCUT2D eigenvalue weighted by atomic mass is 16.3. The van der Waals surface area contributed by atoms with Gasteiger partial charge in [-0.05, 0) is 18.3 Å². The lowest BCUT2D eigenvalue weighted by molar-refractivity contribution is -0.134. The van der Waals surface area contributed by atoms with Crippen LogP contribution in [-0.2, 0) is 9.59 Å². The summed E-state index contributed by atoms with van der Waals surface area (Å²) in [5, 5.41) is 20.6. The zero-order chi connectivity index (χ0) is 14.3. The standard InChI is InChI=1S/C12H21N3O3/c1-7(2)6-9(16)12(18)15-10(11(14)17)8(3)4-5-13/h7-10,16H,4,6H2,1-3H3,(H2,14,17)(H,15,18)/t8-,9+,10+/m1/s1. The summed E-state index contributed by atoms with van der Waals surface area (Å²) in [7, 11) is 0. The zero-order valence-corrected chi connectivity index (χ0v) is 11.0. The molecule has 0 unspecified atom stereocenters. The van der Waals surface area contributed by atoms with Crippen molar-refractivity contribution in [2.45, 2.75) is 45.8 Å². The molecular formula is C12H21N3O3. The number of hydrogen-bond donors (Lipinski definition) is 3. The molecule has 0 aliphatic heterocycles. The van der Waals surface area contributed by atoms with Gasteiger partial charge in [0, 0.05) is 6.42 Å². The molecule has 4 N–H and O–H groups in total. The summed E-state index contributed by atoms with van der Waals surface area (Å²) in [4.78, 5) is 22.9. The first kappa shape index (κ1) is 16.4. The average Bonchev–Trinajstić information content (AvgIpc) is 2.24. The minimum Gasteiger partial charge on any atom is -0.383 e. The van der Waals surface area contributed by atoms with Crippen molar-refractivity contribution < 1.29 is 14.7 Å². The SMILES string of the molecule is CC(C)C[C@H](O)C(=O)N[C@H](C(N)=O)[C@H](C)CC#N. The van der Waals surface area contributed by atoms with E-state index in [2.05, 4.69) is 5.32 Å². The third-order valence-corrected chi connectivity index (χ3v) is 2.58. The van der Waals surface area contributed by atoms with Crippen LogP contribution in [0.25, 0.3) is 0 Å². The molecule has 0 aromatic carbocycles. The van der Waals surface area contributed by atoms with E-state index in [-0.39, 0.29) is 18.3 Å².